The van der Waals surface area contributed by atoms with Gasteiger partial charge in [0.25, 0.3) is 0 Å². The summed E-state index contributed by atoms with van der Waals surface area (Å²) in [6.45, 7) is 4.07. The van der Waals surface area contributed by atoms with Crippen molar-refractivity contribution in [1.82, 2.24) is 0 Å². The average Bonchev–Trinajstić information content (AvgIpc) is 3.17. The van der Waals surface area contributed by atoms with Crippen molar-refractivity contribution in [2.75, 3.05) is 13.2 Å². The van der Waals surface area contributed by atoms with Crippen LogP contribution in [0.1, 0.15) is 258 Å². The highest BCUT2D eigenvalue weighted by Crippen LogP contribution is 2.17. The largest absolute Gasteiger partial charge is 0.481 e. The van der Waals surface area contributed by atoms with Crippen LogP contribution in [0, 0.1) is 5.92 Å². The lowest BCUT2D eigenvalue weighted by Crippen LogP contribution is -2.23. The predicted octanol–water partition coefficient (Wildman–Crippen LogP) is 13.5. The summed E-state index contributed by atoms with van der Waals surface area (Å²) in [5.74, 6) is -3.93. The summed E-state index contributed by atoms with van der Waals surface area (Å²) >= 11 is 0. The summed E-state index contributed by atoms with van der Waals surface area (Å²) in [7, 11) is 0. The molecule has 0 saturated heterocycles. The van der Waals surface area contributed by atoms with E-state index >= 15 is 0 Å². The molecule has 0 saturated carbocycles. The first-order chi connectivity index (χ1) is 26.8. The van der Waals surface area contributed by atoms with Crippen molar-refractivity contribution in [2.24, 2.45) is 5.92 Å². The first kappa shape index (κ1) is 55.4. The standard InChI is InChI=1S/C25H50O4.C22H42O4/c1-2-3-4-5-6-7-8-9-10-11-12-13-14-15-16-17-18-19-20-21-25(28)29-23-24(27)22-26;1-2-3-4-5-6-7-8-9-10-11-12-13-14-15-16-17-18-19-20(21(23)24)22(25)26/h24,26-27H,2-23H2,1H3;20H,2-19H2,1H3,(H,23,24)(H,25,26). The van der Waals surface area contributed by atoms with Gasteiger partial charge in [0.05, 0.1) is 6.61 Å². The van der Waals surface area contributed by atoms with E-state index in [2.05, 4.69) is 13.8 Å². The maximum atomic E-state index is 11.4. The molecule has 1 atom stereocenters. The van der Waals surface area contributed by atoms with Crippen LogP contribution < -0.4 is 0 Å². The van der Waals surface area contributed by atoms with Crippen molar-refractivity contribution in [3.8, 4) is 0 Å². The van der Waals surface area contributed by atoms with Crippen molar-refractivity contribution >= 4 is 17.9 Å². The van der Waals surface area contributed by atoms with E-state index in [4.69, 9.17) is 25.2 Å². The second-order valence-corrected chi connectivity index (χ2v) is 16.3. The maximum absolute atomic E-state index is 11.4. The van der Waals surface area contributed by atoms with Crippen LogP contribution in [0.2, 0.25) is 0 Å². The van der Waals surface area contributed by atoms with Crippen molar-refractivity contribution in [3.63, 3.8) is 0 Å². The van der Waals surface area contributed by atoms with Crippen LogP contribution in [-0.2, 0) is 19.1 Å². The van der Waals surface area contributed by atoms with E-state index in [9.17, 15) is 14.4 Å². The van der Waals surface area contributed by atoms with Crippen LogP contribution in [0.25, 0.3) is 0 Å². The molecule has 0 amide bonds. The number of carboxylic acid groups (broad SMARTS) is 2. The van der Waals surface area contributed by atoms with E-state index in [1.54, 1.807) is 0 Å². The Kier molecular flexibility index (Phi) is 47.1. The molecule has 0 aromatic carbocycles. The lowest BCUT2D eigenvalue weighted by Gasteiger charge is -2.08. The van der Waals surface area contributed by atoms with E-state index in [0.717, 1.165) is 25.7 Å². The third kappa shape index (κ3) is 46.6. The molecule has 0 aliphatic carbocycles. The van der Waals surface area contributed by atoms with Crippen LogP contribution in [0.3, 0.4) is 0 Å². The van der Waals surface area contributed by atoms with E-state index in [-0.39, 0.29) is 25.6 Å². The van der Waals surface area contributed by atoms with Crippen LogP contribution in [0.5, 0.6) is 0 Å². The number of hydrogen-bond acceptors (Lipinski definition) is 6. The Morgan fingerprint density at radius 1 is 0.418 bits per heavy atom. The Morgan fingerprint density at radius 2 is 0.673 bits per heavy atom. The highest BCUT2D eigenvalue weighted by atomic mass is 16.5. The smallest absolute Gasteiger partial charge is 0.317 e. The highest BCUT2D eigenvalue weighted by Gasteiger charge is 2.24. The number of ether oxygens (including phenoxy) is 1. The molecule has 0 aliphatic rings. The van der Waals surface area contributed by atoms with Gasteiger partial charge in [0, 0.05) is 6.42 Å². The lowest BCUT2D eigenvalue weighted by atomic mass is 10.00. The van der Waals surface area contributed by atoms with E-state index < -0.39 is 24.0 Å². The Morgan fingerprint density at radius 3 is 0.927 bits per heavy atom. The normalized spacial score (nSPS) is 11.7. The fourth-order valence-electron chi connectivity index (χ4n) is 7.09. The molecule has 55 heavy (non-hydrogen) atoms. The fraction of sp³-hybridized carbons (Fsp3) is 0.936. The Hall–Kier alpha value is -1.67. The molecule has 0 fully saturated rings. The summed E-state index contributed by atoms with van der Waals surface area (Å²) in [4.78, 5) is 33.0. The molecule has 8 nitrogen and oxygen atoms in total. The Bertz CT molecular complexity index is 790. The fourth-order valence-corrected chi connectivity index (χ4v) is 7.09. The molecule has 0 aromatic rings. The van der Waals surface area contributed by atoms with Crippen molar-refractivity contribution in [2.45, 2.75) is 264 Å². The first-order valence-electron chi connectivity index (χ1n) is 23.7. The minimum Gasteiger partial charge on any atom is -0.481 e. The molecule has 0 aliphatic heterocycles. The number of hydrogen-bond donors (Lipinski definition) is 4. The molecule has 8 heteroatoms. The second-order valence-electron chi connectivity index (χ2n) is 16.3. The van der Waals surface area contributed by atoms with E-state index in [1.807, 2.05) is 0 Å². The number of unbranched alkanes of at least 4 members (excludes halogenated alkanes) is 34. The van der Waals surface area contributed by atoms with Crippen LogP contribution >= 0.6 is 0 Å². The van der Waals surface area contributed by atoms with E-state index in [0.29, 0.717) is 12.8 Å². The molecule has 0 spiro atoms. The zero-order valence-corrected chi connectivity index (χ0v) is 36.4. The van der Waals surface area contributed by atoms with Gasteiger partial charge >= 0.3 is 17.9 Å². The van der Waals surface area contributed by atoms with Gasteiger partial charge in [-0.25, -0.2) is 0 Å². The number of rotatable bonds is 43. The second kappa shape index (κ2) is 46.7. The number of carboxylic acids is 2. The van der Waals surface area contributed by atoms with Crippen molar-refractivity contribution < 1.29 is 39.5 Å². The summed E-state index contributed by atoms with van der Waals surface area (Å²) in [5, 5.41) is 35.4. The molecule has 0 bridgehead atoms. The van der Waals surface area contributed by atoms with Gasteiger partial charge in [-0.15, -0.1) is 0 Å². The van der Waals surface area contributed by atoms with Crippen LogP contribution in [0.15, 0.2) is 0 Å². The summed E-state index contributed by atoms with van der Waals surface area (Å²) < 4.78 is 4.88. The molecule has 0 rings (SSSR count). The maximum Gasteiger partial charge on any atom is 0.317 e. The summed E-state index contributed by atoms with van der Waals surface area (Å²) in [6.07, 6.45) is 46.8. The van der Waals surface area contributed by atoms with Crippen LogP contribution in [0.4, 0.5) is 0 Å². The zero-order chi connectivity index (χ0) is 40.9. The number of aliphatic hydroxyl groups excluding tert-OH is 2. The number of carbonyl (C=O) groups is 3. The minimum absolute atomic E-state index is 0.103. The van der Waals surface area contributed by atoms with Gasteiger partial charge in [-0.3, -0.25) is 14.4 Å². The van der Waals surface area contributed by atoms with E-state index in [1.165, 1.54) is 199 Å². The topological polar surface area (TPSA) is 141 Å². The Labute approximate surface area is 339 Å². The number of esters is 1. The van der Waals surface area contributed by atoms with Gasteiger partial charge in [0.1, 0.15) is 12.7 Å². The lowest BCUT2D eigenvalue weighted by molar-refractivity contribution is -0.155. The first-order valence-corrected chi connectivity index (χ1v) is 23.7. The van der Waals surface area contributed by atoms with Gasteiger partial charge in [0.15, 0.2) is 5.92 Å². The van der Waals surface area contributed by atoms with Crippen molar-refractivity contribution in [1.29, 1.82) is 0 Å². The highest BCUT2D eigenvalue weighted by molar-refractivity contribution is 5.92. The summed E-state index contributed by atoms with van der Waals surface area (Å²) in [6, 6.07) is 0. The predicted molar refractivity (Wildman–Crippen MR) is 230 cm³/mol. The monoisotopic (exact) mass is 785 g/mol. The van der Waals surface area contributed by atoms with Crippen LogP contribution in [-0.4, -0.2) is 57.7 Å². The third-order valence-corrected chi connectivity index (χ3v) is 10.8. The number of aliphatic hydroxyl groups is 2. The van der Waals surface area contributed by atoms with Gasteiger partial charge in [-0.05, 0) is 12.8 Å². The molecule has 0 aromatic heterocycles. The van der Waals surface area contributed by atoms with Gasteiger partial charge in [-0.1, -0.05) is 239 Å². The molecule has 328 valence electrons. The molecule has 1 unspecified atom stereocenters. The van der Waals surface area contributed by atoms with Gasteiger partial charge in [0.2, 0.25) is 0 Å². The minimum atomic E-state index is -1.23. The Balaban J connectivity index is 0. The number of carbonyl (C=O) groups excluding carboxylic acids is 1. The molecular formula is C47H92O8. The van der Waals surface area contributed by atoms with Gasteiger partial charge < -0.3 is 25.2 Å². The SMILES string of the molecule is CCCCCCCCCCCCCCCCCCCC(C(=O)O)C(=O)O.CCCCCCCCCCCCCCCCCCCCCC(=O)OCC(O)CO. The molecule has 0 heterocycles. The van der Waals surface area contributed by atoms with Gasteiger partial charge in [-0.2, -0.15) is 0 Å². The molecule has 4 N–H and O–H groups in total. The third-order valence-electron chi connectivity index (χ3n) is 10.8. The molecule has 0 radical (unpaired) electrons. The number of aliphatic carboxylic acids is 2. The van der Waals surface area contributed by atoms with Crippen molar-refractivity contribution in [3.05, 3.63) is 0 Å². The quantitative estimate of drug-likeness (QED) is 0.0272. The zero-order valence-electron chi connectivity index (χ0n) is 36.4. The average molecular weight is 785 g/mol. The summed E-state index contributed by atoms with van der Waals surface area (Å²) in [5.41, 5.74) is 0. The molecular weight excluding hydrogens is 693 g/mol.